The van der Waals surface area contributed by atoms with E-state index in [-0.39, 0.29) is 5.78 Å². The highest BCUT2D eigenvalue weighted by Gasteiger charge is 2.19. The lowest BCUT2D eigenvalue weighted by atomic mass is 9.91. The van der Waals surface area contributed by atoms with Gasteiger partial charge in [0.1, 0.15) is 0 Å². The molecule has 0 saturated carbocycles. The molecule has 0 saturated heterocycles. The maximum atomic E-state index is 11.9. The molecule has 0 unspecified atom stereocenters. The van der Waals surface area contributed by atoms with Crippen molar-refractivity contribution in [2.45, 2.75) is 19.8 Å². The summed E-state index contributed by atoms with van der Waals surface area (Å²) in [5.41, 5.74) is 7.89. The van der Waals surface area contributed by atoms with E-state index in [4.69, 9.17) is 0 Å². The van der Waals surface area contributed by atoms with Crippen LogP contribution in [-0.2, 0) is 22.9 Å². The molecule has 0 bridgehead atoms. The molecule has 0 fully saturated rings. The average Bonchev–Trinajstić information content (AvgIpc) is 2.84. The molecule has 0 radical (unpaired) electrons. The Hall–Kier alpha value is -3.18. The minimum atomic E-state index is -3.35. The van der Waals surface area contributed by atoms with Crippen LogP contribution in [0.25, 0.3) is 11.6 Å². The summed E-state index contributed by atoms with van der Waals surface area (Å²) in [5, 5.41) is 0. The van der Waals surface area contributed by atoms with Gasteiger partial charge in [-0.3, -0.25) is 9.52 Å². The Balaban J connectivity index is 1.88. The first-order valence-corrected chi connectivity index (χ1v) is 11.7. The van der Waals surface area contributed by atoms with Crippen LogP contribution in [-0.4, -0.2) is 20.5 Å². The largest absolute Gasteiger partial charge is 0.295 e. The van der Waals surface area contributed by atoms with Gasteiger partial charge in [0.2, 0.25) is 10.0 Å². The predicted molar refractivity (Wildman–Crippen MR) is 122 cm³/mol. The number of hydrogen-bond donors (Lipinski definition) is 1. The molecule has 1 N–H and O–H groups in total. The molecule has 0 heterocycles. The van der Waals surface area contributed by atoms with Gasteiger partial charge in [0.25, 0.3) is 0 Å². The minimum absolute atomic E-state index is 0.0599. The number of ketones is 1. The van der Waals surface area contributed by atoms with Crippen molar-refractivity contribution in [3.63, 3.8) is 0 Å². The van der Waals surface area contributed by atoms with E-state index in [0.717, 1.165) is 52.5 Å². The van der Waals surface area contributed by atoms with Gasteiger partial charge in [-0.25, -0.2) is 8.42 Å². The second-order valence-electron chi connectivity index (χ2n) is 7.64. The van der Waals surface area contributed by atoms with Gasteiger partial charge in [-0.05, 0) is 77.4 Å². The summed E-state index contributed by atoms with van der Waals surface area (Å²) >= 11 is 0. The predicted octanol–water partition coefficient (Wildman–Crippen LogP) is 4.95. The van der Waals surface area contributed by atoms with Crippen LogP contribution in [0.15, 0.2) is 66.7 Å². The van der Waals surface area contributed by atoms with Crippen molar-refractivity contribution < 1.29 is 13.2 Å². The zero-order valence-electron chi connectivity index (χ0n) is 17.0. The first-order chi connectivity index (χ1) is 14.3. The van der Waals surface area contributed by atoms with Crippen molar-refractivity contribution in [2.75, 3.05) is 11.0 Å². The number of carbonyl (C=O) groups excluding carboxylic acids is 1. The molecule has 0 atom stereocenters. The first-order valence-electron chi connectivity index (χ1n) is 9.82. The third-order valence-corrected chi connectivity index (χ3v) is 5.88. The zero-order chi connectivity index (χ0) is 21.3. The van der Waals surface area contributed by atoms with Crippen LogP contribution in [0.2, 0.25) is 0 Å². The van der Waals surface area contributed by atoms with Crippen LogP contribution in [0.3, 0.4) is 0 Å². The third-order valence-electron chi connectivity index (χ3n) is 5.27. The fourth-order valence-corrected chi connectivity index (χ4v) is 4.48. The van der Waals surface area contributed by atoms with Crippen LogP contribution in [0.1, 0.15) is 45.1 Å². The summed E-state index contributed by atoms with van der Waals surface area (Å²) in [6.45, 7) is 1.59. The SMILES string of the molecule is CC(=O)c1ccc2c(c1)CCc1ccccc1/C2=C\c1cccc(NS(C)(=O)=O)c1. The fourth-order valence-electron chi connectivity index (χ4n) is 3.93. The molecule has 4 rings (SSSR count). The molecular weight excluding hydrogens is 394 g/mol. The summed E-state index contributed by atoms with van der Waals surface area (Å²) < 4.78 is 25.7. The zero-order valence-corrected chi connectivity index (χ0v) is 17.8. The second kappa shape index (κ2) is 7.92. The molecule has 4 nitrogen and oxygen atoms in total. The molecule has 0 amide bonds. The number of carbonyl (C=O) groups is 1. The number of anilines is 1. The van der Waals surface area contributed by atoms with Crippen LogP contribution >= 0.6 is 0 Å². The molecule has 0 spiro atoms. The highest BCUT2D eigenvalue weighted by atomic mass is 32.2. The van der Waals surface area contributed by atoms with E-state index in [1.165, 1.54) is 5.56 Å². The Bertz CT molecular complexity index is 1270. The molecule has 0 aliphatic heterocycles. The van der Waals surface area contributed by atoms with E-state index >= 15 is 0 Å². The monoisotopic (exact) mass is 417 g/mol. The van der Waals surface area contributed by atoms with Crippen LogP contribution < -0.4 is 4.72 Å². The lowest BCUT2D eigenvalue weighted by molar-refractivity contribution is 0.101. The van der Waals surface area contributed by atoms with Crippen LogP contribution in [0.4, 0.5) is 5.69 Å². The third kappa shape index (κ3) is 4.36. The summed E-state index contributed by atoms with van der Waals surface area (Å²) in [5.74, 6) is 0.0599. The smallest absolute Gasteiger partial charge is 0.229 e. The van der Waals surface area contributed by atoms with Gasteiger partial charge in [-0.2, -0.15) is 0 Å². The molecule has 0 aromatic heterocycles. The van der Waals surface area contributed by atoms with Crippen molar-refractivity contribution in [2.24, 2.45) is 0 Å². The maximum Gasteiger partial charge on any atom is 0.229 e. The van der Waals surface area contributed by atoms with Gasteiger partial charge in [-0.15, -0.1) is 0 Å². The summed E-state index contributed by atoms with van der Waals surface area (Å²) in [6.07, 6.45) is 4.99. The fraction of sp³-hybridized carbons (Fsp3) is 0.160. The van der Waals surface area contributed by atoms with Crippen molar-refractivity contribution in [1.29, 1.82) is 0 Å². The quantitative estimate of drug-likeness (QED) is 0.611. The number of hydrogen-bond acceptors (Lipinski definition) is 3. The molecule has 3 aromatic rings. The summed E-state index contributed by atoms with van der Waals surface area (Å²) in [4.78, 5) is 11.9. The van der Waals surface area contributed by atoms with Gasteiger partial charge in [-0.1, -0.05) is 48.5 Å². The van der Waals surface area contributed by atoms with Crippen molar-refractivity contribution in [3.8, 4) is 0 Å². The molecule has 5 heteroatoms. The number of benzene rings is 3. The lowest BCUT2D eigenvalue weighted by Gasteiger charge is -2.13. The molecular formula is C25H23NO3S. The van der Waals surface area contributed by atoms with Gasteiger partial charge < -0.3 is 0 Å². The average molecular weight is 418 g/mol. The van der Waals surface area contributed by atoms with Crippen LogP contribution in [0.5, 0.6) is 0 Å². The molecule has 3 aromatic carbocycles. The maximum absolute atomic E-state index is 11.9. The van der Waals surface area contributed by atoms with Crippen molar-refractivity contribution in [1.82, 2.24) is 0 Å². The van der Waals surface area contributed by atoms with E-state index in [0.29, 0.717) is 5.69 Å². The van der Waals surface area contributed by atoms with Crippen LogP contribution in [0, 0.1) is 0 Å². The lowest BCUT2D eigenvalue weighted by Crippen LogP contribution is -2.09. The Morgan fingerprint density at radius 3 is 2.40 bits per heavy atom. The Morgan fingerprint density at radius 1 is 0.900 bits per heavy atom. The highest BCUT2D eigenvalue weighted by molar-refractivity contribution is 7.92. The van der Waals surface area contributed by atoms with Gasteiger partial charge in [0.15, 0.2) is 5.78 Å². The number of nitrogens with one attached hydrogen (secondary N) is 1. The minimum Gasteiger partial charge on any atom is -0.295 e. The normalized spacial score (nSPS) is 14.5. The number of sulfonamides is 1. The number of fused-ring (bicyclic) bond motifs is 2. The van der Waals surface area contributed by atoms with E-state index in [1.807, 2.05) is 48.5 Å². The van der Waals surface area contributed by atoms with E-state index in [9.17, 15) is 13.2 Å². The van der Waals surface area contributed by atoms with Gasteiger partial charge >= 0.3 is 0 Å². The van der Waals surface area contributed by atoms with Gasteiger partial charge in [0.05, 0.1) is 6.26 Å². The molecule has 30 heavy (non-hydrogen) atoms. The number of aryl methyl sites for hydroxylation is 2. The molecule has 1 aliphatic carbocycles. The summed E-state index contributed by atoms with van der Waals surface area (Å²) in [6, 6.07) is 21.6. The first kappa shape index (κ1) is 20.1. The van der Waals surface area contributed by atoms with E-state index in [1.54, 1.807) is 13.0 Å². The second-order valence-corrected chi connectivity index (χ2v) is 9.39. The highest BCUT2D eigenvalue weighted by Crippen LogP contribution is 2.35. The standard InChI is InChI=1S/C25H23NO3S/c1-17(27)20-12-13-24-21(16-20)11-10-19-7-3-4-9-23(19)25(24)15-18-6-5-8-22(14-18)26-30(2,28)29/h3-9,12-16,26H,10-11H2,1-2H3/b25-15+. The number of rotatable bonds is 4. The van der Waals surface area contributed by atoms with Crippen molar-refractivity contribution >= 4 is 33.1 Å². The summed E-state index contributed by atoms with van der Waals surface area (Å²) in [7, 11) is -3.35. The van der Waals surface area contributed by atoms with Crippen molar-refractivity contribution in [3.05, 3.63) is 100 Å². The topological polar surface area (TPSA) is 63.2 Å². The Labute approximate surface area is 177 Å². The van der Waals surface area contributed by atoms with Gasteiger partial charge in [0, 0.05) is 11.3 Å². The van der Waals surface area contributed by atoms with E-state index < -0.39 is 10.0 Å². The Kier molecular flexibility index (Phi) is 5.31. The molecule has 152 valence electrons. The van der Waals surface area contributed by atoms with E-state index in [2.05, 4.69) is 22.9 Å². The Morgan fingerprint density at radius 2 is 1.63 bits per heavy atom. The number of Topliss-reactive ketones (excluding diaryl/α,β-unsaturated/α-hetero) is 1. The molecule has 1 aliphatic rings.